The van der Waals surface area contributed by atoms with Gasteiger partial charge in [0.05, 0.1) is 7.11 Å². The Bertz CT molecular complexity index is 581. The summed E-state index contributed by atoms with van der Waals surface area (Å²) in [6.07, 6.45) is 0. The van der Waals surface area contributed by atoms with Crippen LogP contribution in [0.2, 0.25) is 0 Å². The normalized spacial score (nSPS) is 12.2. The van der Waals surface area contributed by atoms with Crippen molar-refractivity contribution in [2.24, 2.45) is 0 Å². The van der Waals surface area contributed by atoms with Crippen molar-refractivity contribution in [2.75, 3.05) is 7.11 Å². The molecule has 0 spiro atoms. The quantitative estimate of drug-likeness (QED) is 0.873. The minimum atomic E-state index is 0.208. The highest BCUT2D eigenvalue weighted by molar-refractivity contribution is 5.45. The molecule has 2 aromatic carbocycles. The second-order valence-corrected chi connectivity index (χ2v) is 4.93. The van der Waals surface area contributed by atoms with E-state index in [-0.39, 0.29) is 11.8 Å². The molecule has 0 aliphatic carbocycles. The molecule has 20 heavy (non-hydrogen) atoms. The molecular formula is C17H21NO2. The standard InChI is InChI=1S/C17H21NO2/c1-12-7-4-5-9-15(12)13(2)18-11-14-8-6-10-16(20-3)17(14)19/h4-10,13,18-19H,11H2,1-3H3/t13-/m1/s1. The molecule has 2 aromatic rings. The summed E-state index contributed by atoms with van der Waals surface area (Å²) in [5.74, 6) is 0.715. The van der Waals surface area contributed by atoms with Gasteiger partial charge in [-0.3, -0.25) is 0 Å². The van der Waals surface area contributed by atoms with Gasteiger partial charge in [-0.15, -0.1) is 0 Å². The molecule has 2 N–H and O–H groups in total. The first-order valence-corrected chi connectivity index (χ1v) is 6.77. The van der Waals surface area contributed by atoms with Gasteiger partial charge < -0.3 is 15.2 Å². The lowest BCUT2D eigenvalue weighted by Gasteiger charge is -2.17. The molecule has 0 saturated carbocycles. The van der Waals surface area contributed by atoms with E-state index in [9.17, 15) is 5.11 Å². The molecule has 0 bridgehead atoms. The largest absolute Gasteiger partial charge is 0.504 e. The Morgan fingerprint density at radius 2 is 1.90 bits per heavy atom. The molecule has 106 valence electrons. The molecule has 3 nitrogen and oxygen atoms in total. The zero-order valence-electron chi connectivity index (χ0n) is 12.2. The molecule has 0 fully saturated rings. The number of methoxy groups -OCH3 is 1. The van der Waals surface area contributed by atoms with Gasteiger partial charge in [-0.2, -0.15) is 0 Å². The van der Waals surface area contributed by atoms with Gasteiger partial charge in [0.2, 0.25) is 0 Å². The zero-order valence-corrected chi connectivity index (χ0v) is 12.2. The van der Waals surface area contributed by atoms with Crippen molar-refractivity contribution >= 4 is 0 Å². The maximum Gasteiger partial charge on any atom is 0.162 e. The van der Waals surface area contributed by atoms with E-state index in [1.54, 1.807) is 13.2 Å². The van der Waals surface area contributed by atoms with Crippen LogP contribution >= 0.6 is 0 Å². The second-order valence-electron chi connectivity index (χ2n) is 4.93. The van der Waals surface area contributed by atoms with Gasteiger partial charge in [-0.1, -0.05) is 36.4 Å². The minimum Gasteiger partial charge on any atom is -0.504 e. The van der Waals surface area contributed by atoms with Crippen molar-refractivity contribution in [2.45, 2.75) is 26.4 Å². The first-order valence-electron chi connectivity index (χ1n) is 6.77. The number of hydrogen-bond acceptors (Lipinski definition) is 3. The van der Waals surface area contributed by atoms with Crippen molar-refractivity contribution in [3.8, 4) is 11.5 Å². The van der Waals surface area contributed by atoms with Crippen molar-refractivity contribution in [3.05, 3.63) is 59.2 Å². The molecule has 3 heteroatoms. The molecule has 0 heterocycles. The van der Waals surface area contributed by atoms with Gasteiger partial charge in [0, 0.05) is 18.2 Å². The SMILES string of the molecule is COc1cccc(CN[C@H](C)c2ccccc2C)c1O. The lowest BCUT2D eigenvalue weighted by atomic mass is 10.0. The molecule has 0 saturated heterocycles. The first-order chi connectivity index (χ1) is 9.63. The lowest BCUT2D eigenvalue weighted by Crippen LogP contribution is -2.19. The van der Waals surface area contributed by atoms with Crippen LogP contribution in [0.3, 0.4) is 0 Å². The van der Waals surface area contributed by atoms with E-state index in [2.05, 4.69) is 31.3 Å². The summed E-state index contributed by atoms with van der Waals surface area (Å²) in [5, 5.41) is 13.5. The van der Waals surface area contributed by atoms with E-state index in [1.165, 1.54) is 11.1 Å². The summed E-state index contributed by atoms with van der Waals surface area (Å²) in [6, 6.07) is 14.1. The highest BCUT2D eigenvalue weighted by Crippen LogP contribution is 2.29. The van der Waals surface area contributed by atoms with Crippen LogP contribution in [0.1, 0.15) is 29.7 Å². The molecule has 0 radical (unpaired) electrons. The van der Waals surface area contributed by atoms with E-state index in [4.69, 9.17) is 4.74 Å². The van der Waals surface area contributed by atoms with E-state index < -0.39 is 0 Å². The van der Waals surface area contributed by atoms with Crippen molar-refractivity contribution in [1.29, 1.82) is 0 Å². The van der Waals surface area contributed by atoms with Crippen LogP contribution < -0.4 is 10.1 Å². The Labute approximate surface area is 120 Å². The highest BCUT2D eigenvalue weighted by Gasteiger charge is 2.10. The monoisotopic (exact) mass is 271 g/mol. The number of hydrogen-bond donors (Lipinski definition) is 2. The number of nitrogens with one attached hydrogen (secondary N) is 1. The number of para-hydroxylation sites is 1. The zero-order chi connectivity index (χ0) is 14.5. The Balaban J connectivity index is 2.08. The molecule has 0 aliphatic heterocycles. The minimum absolute atomic E-state index is 0.208. The molecule has 0 amide bonds. The van der Waals surface area contributed by atoms with Gasteiger partial charge in [0.15, 0.2) is 11.5 Å². The summed E-state index contributed by atoms with van der Waals surface area (Å²) in [5.41, 5.74) is 3.38. The molecule has 1 atom stereocenters. The first kappa shape index (κ1) is 14.4. The third-order valence-corrected chi connectivity index (χ3v) is 3.56. The third kappa shape index (κ3) is 3.11. The number of phenolic OH excluding ortho intramolecular Hbond substituents is 1. The summed E-state index contributed by atoms with van der Waals surface area (Å²) >= 11 is 0. The predicted octanol–water partition coefficient (Wildman–Crippen LogP) is 3.56. The molecule has 0 unspecified atom stereocenters. The average Bonchev–Trinajstić information content (AvgIpc) is 2.46. The number of ether oxygens (including phenoxy) is 1. The molecule has 0 aliphatic rings. The number of aromatic hydroxyl groups is 1. The third-order valence-electron chi connectivity index (χ3n) is 3.56. The molecule has 2 rings (SSSR count). The van der Waals surface area contributed by atoms with Crippen molar-refractivity contribution < 1.29 is 9.84 Å². The van der Waals surface area contributed by atoms with Crippen LogP contribution in [-0.2, 0) is 6.54 Å². The Morgan fingerprint density at radius 1 is 1.15 bits per heavy atom. The van der Waals surface area contributed by atoms with Crippen molar-refractivity contribution in [3.63, 3.8) is 0 Å². The van der Waals surface area contributed by atoms with Gasteiger partial charge in [-0.05, 0) is 31.0 Å². The second kappa shape index (κ2) is 6.44. The van der Waals surface area contributed by atoms with E-state index in [0.29, 0.717) is 12.3 Å². The smallest absolute Gasteiger partial charge is 0.162 e. The topological polar surface area (TPSA) is 41.5 Å². The van der Waals surface area contributed by atoms with Gasteiger partial charge in [0.25, 0.3) is 0 Å². The van der Waals surface area contributed by atoms with E-state index in [0.717, 1.165) is 5.56 Å². The summed E-state index contributed by atoms with van der Waals surface area (Å²) < 4.78 is 5.12. The van der Waals surface area contributed by atoms with Crippen LogP contribution in [-0.4, -0.2) is 12.2 Å². The maximum absolute atomic E-state index is 10.1. The fraction of sp³-hybridized carbons (Fsp3) is 0.294. The Morgan fingerprint density at radius 3 is 2.60 bits per heavy atom. The highest BCUT2D eigenvalue weighted by atomic mass is 16.5. The number of rotatable bonds is 5. The average molecular weight is 271 g/mol. The molecule has 0 aromatic heterocycles. The summed E-state index contributed by atoms with van der Waals surface area (Å²) in [6.45, 7) is 4.83. The number of benzene rings is 2. The predicted molar refractivity (Wildman–Crippen MR) is 81.1 cm³/mol. The van der Waals surface area contributed by atoms with Crippen LogP contribution in [0.4, 0.5) is 0 Å². The Hall–Kier alpha value is -2.00. The van der Waals surface area contributed by atoms with Crippen LogP contribution in [0.25, 0.3) is 0 Å². The summed E-state index contributed by atoms with van der Waals surface area (Å²) in [7, 11) is 1.56. The van der Waals surface area contributed by atoms with Crippen LogP contribution in [0.15, 0.2) is 42.5 Å². The van der Waals surface area contributed by atoms with Crippen molar-refractivity contribution in [1.82, 2.24) is 5.32 Å². The fourth-order valence-corrected chi connectivity index (χ4v) is 2.32. The Kier molecular flexibility index (Phi) is 4.64. The number of aryl methyl sites for hydroxylation is 1. The van der Waals surface area contributed by atoms with E-state index in [1.807, 2.05) is 24.3 Å². The van der Waals surface area contributed by atoms with Gasteiger partial charge >= 0.3 is 0 Å². The lowest BCUT2D eigenvalue weighted by molar-refractivity contribution is 0.369. The van der Waals surface area contributed by atoms with E-state index >= 15 is 0 Å². The van der Waals surface area contributed by atoms with Crippen LogP contribution in [0, 0.1) is 6.92 Å². The van der Waals surface area contributed by atoms with Crippen LogP contribution in [0.5, 0.6) is 11.5 Å². The summed E-state index contributed by atoms with van der Waals surface area (Å²) in [4.78, 5) is 0. The molecular weight excluding hydrogens is 250 g/mol. The van der Waals surface area contributed by atoms with Gasteiger partial charge in [0.1, 0.15) is 0 Å². The van der Waals surface area contributed by atoms with Gasteiger partial charge in [-0.25, -0.2) is 0 Å². The maximum atomic E-state index is 10.1. The fourth-order valence-electron chi connectivity index (χ4n) is 2.32. The number of phenols is 1.